The van der Waals surface area contributed by atoms with Crippen LogP contribution in [0.2, 0.25) is 0 Å². The normalized spacial score (nSPS) is 23.9. The van der Waals surface area contributed by atoms with Crippen LogP contribution in [0, 0.1) is 0 Å². The third kappa shape index (κ3) is 4.63. The van der Waals surface area contributed by atoms with Gasteiger partial charge in [0.25, 0.3) is 0 Å². The van der Waals surface area contributed by atoms with Crippen molar-refractivity contribution in [2.75, 3.05) is 6.61 Å². The largest absolute Gasteiger partial charge is 0.494 e. The van der Waals surface area contributed by atoms with Crippen molar-refractivity contribution < 1.29 is 14.3 Å². The first kappa shape index (κ1) is 19.7. The Hall–Kier alpha value is -2.04. The lowest BCUT2D eigenvalue weighted by atomic mass is 9.95. The van der Waals surface area contributed by atoms with E-state index in [9.17, 15) is 9.59 Å². The molecule has 5 nitrogen and oxygen atoms in total. The van der Waals surface area contributed by atoms with Gasteiger partial charge in [0.1, 0.15) is 11.3 Å². The van der Waals surface area contributed by atoms with Gasteiger partial charge >= 0.3 is 0 Å². The van der Waals surface area contributed by atoms with E-state index >= 15 is 0 Å². The predicted molar refractivity (Wildman–Crippen MR) is 105 cm³/mol. The number of nitrogens with zero attached hydrogens (tertiary/aromatic N) is 1. The van der Waals surface area contributed by atoms with E-state index in [0.29, 0.717) is 26.0 Å². The first-order chi connectivity index (χ1) is 13.0. The molecule has 1 aromatic carbocycles. The second kappa shape index (κ2) is 8.77. The minimum Gasteiger partial charge on any atom is -0.494 e. The zero-order valence-corrected chi connectivity index (χ0v) is 16.6. The maximum absolute atomic E-state index is 13.1. The van der Waals surface area contributed by atoms with Crippen LogP contribution in [0.5, 0.6) is 5.75 Å². The summed E-state index contributed by atoms with van der Waals surface area (Å²) in [6, 6.07) is 8.03. The van der Waals surface area contributed by atoms with Crippen molar-refractivity contribution in [3.63, 3.8) is 0 Å². The summed E-state index contributed by atoms with van der Waals surface area (Å²) in [4.78, 5) is 27.4. The number of hydrogen-bond acceptors (Lipinski definition) is 3. The van der Waals surface area contributed by atoms with E-state index in [1.165, 1.54) is 25.7 Å². The molecule has 3 rings (SSSR count). The molecule has 1 heterocycles. The van der Waals surface area contributed by atoms with Crippen LogP contribution in [0.3, 0.4) is 0 Å². The van der Waals surface area contributed by atoms with Crippen LogP contribution in [-0.4, -0.2) is 34.9 Å². The third-order valence-corrected chi connectivity index (χ3v) is 5.98. The average molecular weight is 373 g/mol. The van der Waals surface area contributed by atoms with E-state index in [-0.39, 0.29) is 17.9 Å². The van der Waals surface area contributed by atoms with Gasteiger partial charge in [0, 0.05) is 19.0 Å². The highest BCUT2D eigenvalue weighted by Crippen LogP contribution is 2.33. The van der Waals surface area contributed by atoms with Crippen molar-refractivity contribution in [2.45, 2.75) is 83.3 Å². The van der Waals surface area contributed by atoms with Crippen molar-refractivity contribution in [3.05, 3.63) is 29.8 Å². The van der Waals surface area contributed by atoms with E-state index in [0.717, 1.165) is 24.2 Å². The number of likely N-dealkylation sites (tertiary alicyclic amines) is 1. The molecule has 1 saturated heterocycles. The molecule has 0 radical (unpaired) electrons. The first-order valence-electron chi connectivity index (χ1n) is 10.4. The number of carbonyl (C=O) groups is 2. The highest BCUT2D eigenvalue weighted by atomic mass is 16.5. The van der Waals surface area contributed by atoms with Gasteiger partial charge in [-0.1, -0.05) is 37.8 Å². The molecule has 27 heavy (non-hydrogen) atoms. The summed E-state index contributed by atoms with van der Waals surface area (Å²) >= 11 is 0. The molecular formula is C22H32N2O3. The van der Waals surface area contributed by atoms with Gasteiger partial charge in [-0.25, -0.2) is 0 Å². The summed E-state index contributed by atoms with van der Waals surface area (Å²) in [6.07, 6.45) is 7.99. The van der Waals surface area contributed by atoms with Gasteiger partial charge in [0.15, 0.2) is 0 Å². The van der Waals surface area contributed by atoms with Gasteiger partial charge in [0.2, 0.25) is 11.8 Å². The van der Waals surface area contributed by atoms with Crippen molar-refractivity contribution in [1.82, 2.24) is 10.2 Å². The molecule has 0 aromatic heterocycles. The molecule has 2 aliphatic rings. The summed E-state index contributed by atoms with van der Waals surface area (Å²) < 4.78 is 5.48. The zero-order valence-electron chi connectivity index (χ0n) is 16.6. The fourth-order valence-corrected chi connectivity index (χ4v) is 4.20. The predicted octanol–water partition coefficient (Wildman–Crippen LogP) is 3.81. The molecule has 0 spiro atoms. The maximum Gasteiger partial charge on any atom is 0.245 e. The lowest BCUT2D eigenvalue weighted by molar-refractivity contribution is -0.141. The van der Waals surface area contributed by atoms with Crippen molar-refractivity contribution in [1.29, 1.82) is 0 Å². The molecule has 0 unspecified atom stereocenters. The standard InChI is InChI=1S/C22H32N2O3/c1-3-27-19-12-10-17(11-13-19)16-24-20(25)14-15-22(24,2)21(26)23-18-8-6-4-5-7-9-18/h10-13,18H,3-9,14-16H2,1-2H3,(H,23,26)/t22-/m1/s1. The molecule has 0 bridgehead atoms. The Labute approximate surface area is 162 Å². The molecule has 5 heteroatoms. The summed E-state index contributed by atoms with van der Waals surface area (Å²) in [7, 11) is 0. The molecule has 1 saturated carbocycles. The van der Waals surface area contributed by atoms with Gasteiger partial charge < -0.3 is 15.0 Å². The Bertz CT molecular complexity index is 650. The number of nitrogens with one attached hydrogen (secondary N) is 1. The third-order valence-electron chi connectivity index (χ3n) is 5.98. The summed E-state index contributed by atoms with van der Waals surface area (Å²) in [5, 5.41) is 3.25. The van der Waals surface area contributed by atoms with Crippen LogP contribution in [0.25, 0.3) is 0 Å². The molecule has 1 atom stereocenters. The smallest absolute Gasteiger partial charge is 0.245 e. The Kier molecular flexibility index (Phi) is 6.40. The fourth-order valence-electron chi connectivity index (χ4n) is 4.20. The minimum atomic E-state index is -0.762. The lowest BCUT2D eigenvalue weighted by Gasteiger charge is -2.35. The maximum atomic E-state index is 13.1. The molecule has 2 amide bonds. The van der Waals surface area contributed by atoms with E-state index in [1.807, 2.05) is 38.1 Å². The second-order valence-electron chi connectivity index (χ2n) is 7.99. The van der Waals surface area contributed by atoms with E-state index in [1.54, 1.807) is 4.90 Å². The number of rotatable bonds is 6. The van der Waals surface area contributed by atoms with E-state index in [4.69, 9.17) is 4.74 Å². The molecule has 1 aromatic rings. The minimum absolute atomic E-state index is 0.00573. The first-order valence-corrected chi connectivity index (χ1v) is 10.4. The summed E-state index contributed by atoms with van der Waals surface area (Å²) in [5.74, 6) is 0.886. The Morgan fingerprint density at radius 1 is 1.19 bits per heavy atom. The average Bonchev–Trinajstić information content (AvgIpc) is 2.83. The lowest BCUT2D eigenvalue weighted by Crippen LogP contribution is -2.56. The highest BCUT2D eigenvalue weighted by Gasteiger charge is 2.47. The second-order valence-corrected chi connectivity index (χ2v) is 7.99. The quantitative estimate of drug-likeness (QED) is 0.773. The van der Waals surface area contributed by atoms with Crippen LogP contribution in [0.4, 0.5) is 0 Å². The number of benzene rings is 1. The van der Waals surface area contributed by atoms with Crippen molar-refractivity contribution in [3.8, 4) is 5.75 Å². The molecule has 2 fully saturated rings. The van der Waals surface area contributed by atoms with Crippen LogP contribution in [0.1, 0.15) is 70.8 Å². The molecule has 148 valence electrons. The van der Waals surface area contributed by atoms with Crippen LogP contribution in [-0.2, 0) is 16.1 Å². The van der Waals surface area contributed by atoms with Gasteiger partial charge in [0.05, 0.1) is 6.61 Å². The topological polar surface area (TPSA) is 58.6 Å². The SMILES string of the molecule is CCOc1ccc(CN2C(=O)CC[C@]2(C)C(=O)NC2CCCCCC2)cc1. The number of ether oxygens (including phenoxy) is 1. The van der Waals surface area contributed by atoms with Crippen LogP contribution < -0.4 is 10.1 Å². The summed E-state index contributed by atoms with van der Waals surface area (Å²) in [5.41, 5.74) is 0.254. The van der Waals surface area contributed by atoms with Gasteiger partial charge in [-0.2, -0.15) is 0 Å². The molecule has 1 aliphatic carbocycles. The monoisotopic (exact) mass is 372 g/mol. The number of carbonyl (C=O) groups excluding carboxylic acids is 2. The van der Waals surface area contributed by atoms with Gasteiger partial charge in [-0.05, 0) is 50.8 Å². The van der Waals surface area contributed by atoms with E-state index < -0.39 is 5.54 Å². The fraction of sp³-hybridized carbons (Fsp3) is 0.636. The van der Waals surface area contributed by atoms with Gasteiger partial charge in [-0.3, -0.25) is 9.59 Å². The van der Waals surface area contributed by atoms with Gasteiger partial charge in [-0.15, -0.1) is 0 Å². The molecule has 1 aliphatic heterocycles. The molecule has 1 N–H and O–H groups in total. The van der Waals surface area contributed by atoms with Crippen LogP contribution >= 0.6 is 0 Å². The molecular weight excluding hydrogens is 340 g/mol. The van der Waals surface area contributed by atoms with E-state index in [2.05, 4.69) is 5.32 Å². The Morgan fingerprint density at radius 2 is 1.85 bits per heavy atom. The van der Waals surface area contributed by atoms with Crippen LogP contribution in [0.15, 0.2) is 24.3 Å². The Morgan fingerprint density at radius 3 is 2.48 bits per heavy atom. The Balaban J connectivity index is 1.68. The van der Waals surface area contributed by atoms with Crippen molar-refractivity contribution >= 4 is 11.8 Å². The number of hydrogen-bond donors (Lipinski definition) is 1. The zero-order chi connectivity index (χ0) is 19.3. The van der Waals surface area contributed by atoms with Crippen molar-refractivity contribution in [2.24, 2.45) is 0 Å². The number of amides is 2. The highest BCUT2D eigenvalue weighted by molar-refractivity contribution is 5.94. The summed E-state index contributed by atoms with van der Waals surface area (Å²) in [6.45, 7) is 4.96.